The van der Waals surface area contributed by atoms with Crippen LogP contribution >= 0.6 is 0 Å². The van der Waals surface area contributed by atoms with Gasteiger partial charge in [-0.3, -0.25) is 4.79 Å². The van der Waals surface area contributed by atoms with Gasteiger partial charge in [-0.2, -0.15) is 0 Å². The lowest BCUT2D eigenvalue weighted by Gasteiger charge is -2.43. The Morgan fingerprint density at radius 1 is 1.06 bits per heavy atom. The molecule has 4 heterocycles. The van der Waals surface area contributed by atoms with Gasteiger partial charge in [-0.1, -0.05) is 12.5 Å². The number of hydrogen-bond acceptors (Lipinski definition) is 7. The number of piperidine rings is 2. The Balaban J connectivity index is 1.34. The van der Waals surface area contributed by atoms with E-state index in [9.17, 15) is 9.90 Å². The predicted octanol–water partition coefficient (Wildman–Crippen LogP) is 2.72. The van der Waals surface area contributed by atoms with Gasteiger partial charge in [-0.05, 0) is 49.9 Å². The van der Waals surface area contributed by atoms with Crippen molar-refractivity contribution in [3.63, 3.8) is 0 Å². The molecule has 3 aromatic rings. The fraction of sp³-hybridized carbons (Fsp3) is 0.417. The first kappa shape index (κ1) is 20.6. The summed E-state index contributed by atoms with van der Waals surface area (Å²) in [4.78, 5) is 18.4. The van der Waals surface area contributed by atoms with Crippen LogP contribution in [0.4, 0.5) is 5.82 Å². The SMILES string of the molecule is CN(c1ccc(-c2ccc(-c3cc(=O)n(C)cn3)cc2O)nn1)[C@H]1C[C@H]2CCC[C@@H](C1)N2. The summed E-state index contributed by atoms with van der Waals surface area (Å²) >= 11 is 0. The zero-order valence-electron chi connectivity index (χ0n) is 18.4. The Morgan fingerprint density at radius 2 is 1.84 bits per heavy atom. The van der Waals surface area contributed by atoms with E-state index in [0.29, 0.717) is 40.6 Å². The van der Waals surface area contributed by atoms with Crippen LogP contribution in [0, 0.1) is 0 Å². The van der Waals surface area contributed by atoms with Gasteiger partial charge in [0.15, 0.2) is 5.82 Å². The summed E-state index contributed by atoms with van der Waals surface area (Å²) in [5.41, 5.74) is 2.23. The minimum absolute atomic E-state index is 0.0755. The van der Waals surface area contributed by atoms with Gasteiger partial charge in [-0.15, -0.1) is 10.2 Å². The van der Waals surface area contributed by atoms with Crippen molar-refractivity contribution in [3.05, 3.63) is 53.1 Å². The summed E-state index contributed by atoms with van der Waals surface area (Å²) in [5.74, 6) is 0.922. The van der Waals surface area contributed by atoms with Crippen LogP contribution < -0.4 is 15.8 Å². The topological polar surface area (TPSA) is 96.2 Å². The second-order valence-electron chi connectivity index (χ2n) is 8.96. The summed E-state index contributed by atoms with van der Waals surface area (Å²) in [6, 6.07) is 12.2. The van der Waals surface area contributed by atoms with Gasteiger partial charge < -0.3 is 19.9 Å². The van der Waals surface area contributed by atoms with E-state index < -0.39 is 0 Å². The summed E-state index contributed by atoms with van der Waals surface area (Å²) in [6.45, 7) is 0. The molecule has 5 rings (SSSR count). The number of benzene rings is 1. The lowest BCUT2D eigenvalue weighted by Crippen LogP contribution is -2.54. The van der Waals surface area contributed by atoms with Gasteiger partial charge in [0.1, 0.15) is 5.75 Å². The largest absolute Gasteiger partial charge is 0.507 e. The van der Waals surface area contributed by atoms with E-state index in [1.807, 2.05) is 18.2 Å². The molecule has 0 spiro atoms. The van der Waals surface area contributed by atoms with Crippen molar-refractivity contribution in [2.45, 2.75) is 50.2 Å². The van der Waals surface area contributed by atoms with Gasteiger partial charge in [-0.25, -0.2) is 4.98 Å². The van der Waals surface area contributed by atoms with E-state index in [1.165, 1.54) is 36.2 Å². The Morgan fingerprint density at radius 3 is 2.50 bits per heavy atom. The summed E-state index contributed by atoms with van der Waals surface area (Å²) in [6.07, 6.45) is 7.58. The molecule has 32 heavy (non-hydrogen) atoms. The number of hydrogen-bond donors (Lipinski definition) is 2. The van der Waals surface area contributed by atoms with Crippen LogP contribution in [0.5, 0.6) is 5.75 Å². The highest BCUT2D eigenvalue weighted by Crippen LogP contribution is 2.33. The lowest BCUT2D eigenvalue weighted by molar-refractivity contribution is 0.219. The molecule has 0 radical (unpaired) electrons. The van der Waals surface area contributed by atoms with Gasteiger partial charge in [0.25, 0.3) is 5.56 Å². The van der Waals surface area contributed by atoms with Gasteiger partial charge >= 0.3 is 0 Å². The Hall–Kier alpha value is -3.26. The molecule has 2 aliphatic rings. The van der Waals surface area contributed by atoms with Crippen molar-refractivity contribution in [2.24, 2.45) is 7.05 Å². The average molecular weight is 433 g/mol. The standard InChI is InChI=1S/C24H28N6O2/c1-29-14-25-21(13-24(29)32)15-6-7-19(22(31)10-15)20-8-9-23(28-27-20)30(2)18-11-16-4-3-5-17(12-18)26-16/h6-10,13-14,16-18,26,31H,3-5,11-12H2,1-2H3/t16-,17+,18+. The van der Waals surface area contributed by atoms with Crippen molar-refractivity contribution < 1.29 is 5.11 Å². The highest BCUT2D eigenvalue weighted by atomic mass is 16.3. The molecule has 2 aromatic heterocycles. The number of phenols is 1. The van der Waals surface area contributed by atoms with E-state index in [0.717, 1.165) is 18.7 Å². The molecule has 1 aromatic carbocycles. The van der Waals surface area contributed by atoms with Crippen molar-refractivity contribution in [2.75, 3.05) is 11.9 Å². The maximum Gasteiger partial charge on any atom is 0.253 e. The van der Waals surface area contributed by atoms with Crippen LogP contribution in [0.15, 0.2) is 47.5 Å². The number of aromatic nitrogens is 4. The minimum atomic E-state index is -0.151. The van der Waals surface area contributed by atoms with Gasteiger partial charge in [0, 0.05) is 49.4 Å². The quantitative estimate of drug-likeness (QED) is 0.654. The van der Waals surface area contributed by atoms with Crippen LogP contribution in [0.1, 0.15) is 32.1 Å². The van der Waals surface area contributed by atoms with E-state index >= 15 is 0 Å². The molecule has 0 unspecified atom stereocenters. The molecule has 0 saturated carbocycles. The molecular weight excluding hydrogens is 404 g/mol. The second-order valence-corrected chi connectivity index (χ2v) is 8.96. The predicted molar refractivity (Wildman–Crippen MR) is 124 cm³/mol. The third-order valence-electron chi connectivity index (χ3n) is 6.80. The molecule has 3 atom stereocenters. The lowest BCUT2D eigenvalue weighted by atomic mass is 9.83. The van der Waals surface area contributed by atoms with E-state index in [-0.39, 0.29) is 11.3 Å². The zero-order chi connectivity index (χ0) is 22.2. The smallest absolute Gasteiger partial charge is 0.253 e. The first-order valence-electron chi connectivity index (χ1n) is 11.2. The molecule has 166 valence electrons. The van der Waals surface area contributed by atoms with E-state index in [1.54, 1.807) is 19.2 Å². The Labute approximate surface area is 187 Å². The molecule has 2 fully saturated rings. The summed E-state index contributed by atoms with van der Waals surface area (Å²) in [5, 5.41) is 23.2. The van der Waals surface area contributed by atoms with Gasteiger partial charge in [0.05, 0.1) is 17.7 Å². The number of nitrogens with one attached hydrogen (secondary N) is 1. The third kappa shape index (κ3) is 3.98. The van der Waals surface area contributed by atoms with Crippen molar-refractivity contribution in [3.8, 4) is 28.3 Å². The molecule has 8 heteroatoms. The fourth-order valence-electron chi connectivity index (χ4n) is 4.92. The number of rotatable bonds is 4. The maximum absolute atomic E-state index is 11.9. The molecule has 2 N–H and O–H groups in total. The van der Waals surface area contributed by atoms with Crippen LogP contribution in [-0.4, -0.2) is 50.0 Å². The van der Waals surface area contributed by atoms with Gasteiger partial charge in [0.2, 0.25) is 0 Å². The first-order valence-corrected chi connectivity index (χ1v) is 11.2. The third-order valence-corrected chi connectivity index (χ3v) is 6.80. The number of phenolic OH excluding ortho intramolecular Hbond substituents is 1. The molecule has 8 nitrogen and oxygen atoms in total. The minimum Gasteiger partial charge on any atom is -0.507 e. The highest BCUT2D eigenvalue weighted by molar-refractivity contribution is 5.73. The fourth-order valence-corrected chi connectivity index (χ4v) is 4.92. The van der Waals surface area contributed by atoms with Crippen molar-refractivity contribution in [1.29, 1.82) is 0 Å². The Kier molecular flexibility index (Phi) is 5.38. The van der Waals surface area contributed by atoms with E-state index in [4.69, 9.17) is 0 Å². The molecule has 0 amide bonds. The second kappa shape index (κ2) is 8.35. The molecular formula is C24H28N6O2. The number of fused-ring (bicyclic) bond motifs is 2. The van der Waals surface area contributed by atoms with Crippen LogP contribution in [0.2, 0.25) is 0 Å². The number of aryl methyl sites for hydroxylation is 1. The molecule has 2 saturated heterocycles. The maximum atomic E-state index is 11.9. The molecule has 0 aliphatic carbocycles. The van der Waals surface area contributed by atoms with Crippen molar-refractivity contribution in [1.82, 2.24) is 25.1 Å². The average Bonchev–Trinajstić information content (AvgIpc) is 2.80. The molecule has 2 bridgehead atoms. The normalized spacial score (nSPS) is 22.5. The van der Waals surface area contributed by atoms with E-state index in [2.05, 4.69) is 32.4 Å². The van der Waals surface area contributed by atoms with Crippen LogP contribution in [0.3, 0.4) is 0 Å². The first-order chi connectivity index (χ1) is 15.5. The summed E-state index contributed by atoms with van der Waals surface area (Å²) in [7, 11) is 3.75. The van der Waals surface area contributed by atoms with Crippen LogP contribution in [-0.2, 0) is 7.05 Å². The highest BCUT2D eigenvalue weighted by Gasteiger charge is 2.33. The Bertz CT molecular complexity index is 1160. The molecule has 2 aliphatic heterocycles. The number of aromatic hydroxyl groups is 1. The monoisotopic (exact) mass is 432 g/mol. The van der Waals surface area contributed by atoms with Crippen LogP contribution in [0.25, 0.3) is 22.5 Å². The summed E-state index contributed by atoms with van der Waals surface area (Å²) < 4.78 is 1.40. The number of nitrogens with zero attached hydrogens (tertiary/aromatic N) is 5. The number of anilines is 1. The van der Waals surface area contributed by atoms with Crippen molar-refractivity contribution >= 4 is 5.82 Å². The zero-order valence-corrected chi connectivity index (χ0v) is 18.4.